The first-order valence-corrected chi connectivity index (χ1v) is 10.7. The van der Waals surface area contributed by atoms with Crippen LogP contribution in [0.3, 0.4) is 0 Å². The lowest BCUT2D eigenvalue weighted by Gasteiger charge is -2.19. The molecule has 0 bridgehead atoms. The number of carbonyl (C=O) groups is 1. The van der Waals surface area contributed by atoms with Crippen molar-refractivity contribution in [2.24, 2.45) is 4.99 Å². The normalized spacial score (nSPS) is 13.4. The predicted molar refractivity (Wildman–Crippen MR) is 119 cm³/mol. The van der Waals surface area contributed by atoms with E-state index in [9.17, 15) is 13.6 Å². The van der Waals surface area contributed by atoms with Gasteiger partial charge in [0.1, 0.15) is 23.1 Å². The summed E-state index contributed by atoms with van der Waals surface area (Å²) in [6, 6.07) is 18.1. The highest BCUT2D eigenvalue weighted by molar-refractivity contribution is 7.07. The average Bonchev–Trinajstić information content (AvgIpc) is 3.18. The maximum absolute atomic E-state index is 14.2. The van der Waals surface area contributed by atoms with Crippen molar-refractivity contribution in [1.29, 1.82) is 0 Å². The zero-order valence-corrected chi connectivity index (χ0v) is 17.5. The highest BCUT2D eigenvalue weighted by Crippen LogP contribution is 2.33. The molecule has 0 fully saturated rings. The SMILES string of the molecule is O=C1COc2ccc(-c3csc(=Nc4ccccc4F)n3Cc3ccc(F)cc3)cc2N1. The van der Waals surface area contributed by atoms with Gasteiger partial charge in [-0.1, -0.05) is 24.3 Å². The molecule has 0 aliphatic carbocycles. The molecule has 1 amide bonds. The molecule has 8 heteroatoms. The molecule has 0 atom stereocenters. The van der Waals surface area contributed by atoms with Crippen molar-refractivity contribution in [3.63, 3.8) is 0 Å². The summed E-state index contributed by atoms with van der Waals surface area (Å²) in [4.78, 5) is 16.9. The van der Waals surface area contributed by atoms with Crippen molar-refractivity contribution < 1.29 is 18.3 Å². The van der Waals surface area contributed by atoms with Crippen LogP contribution in [0.2, 0.25) is 0 Å². The molecule has 3 aromatic carbocycles. The number of nitrogens with zero attached hydrogens (tertiary/aromatic N) is 2. The third kappa shape index (κ3) is 4.04. The average molecular weight is 449 g/mol. The van der Waals surface area contributed by atoms with Crippen LogP contribution in [-0.2, 0) is 11.3 Å². The fourth-order valence-corrected chi connectivity index (χ4v) is 4.38. The Morgan fingerprint density at radius 3 is 2.69 bits per heavy atom. The highest BCUT2D eigenvalue weighted by atomic mass is 32.1. The fourth-order valence-electron chi connectivity index (χ4n) is 3.46. The number of rotatable bonds is 4. The number of nitrogens with one attached hydrogen (secondary N) is 1. The van der Waals surface area contributed by atoms with E-state index in [1.807, 2.05) is 22.1 Å². The molecule has 1 aromatic heterocycles. The van der Waals surface area contributed by atoms with Crippen molar-refractivity contribution in [3.05, 3.63) is 94.1 Å². The smallest absolute Gasteiger partial charge is 0.262 e. The number of aromatic nitrogens is 1. The number of para-hydroxylation sites is 1. The predicted octanol–water partition coefficient (Wildman–Crippen LogP) is 5.11. The van der Waals surface area contributed by atoms with Crippen molar-refractivity contribution in [2.75, 3.05) is 11.9 Å². The first kappa shape index (κ1) is 20.1. The number of ether oxygens (including phenoxy) is 1. The first-order valence-electron chi connectivity index (χ1n) is 9.86. The lowest BCUT2D eigenvalue weighted by molar-refractivity contribution is -0.118. The van der Waals surface area contributed by atoms with E-state index in [1.165, 1.54) is 29.5 Å². The summed E-state index contributed by atoms with van der Waals surface area (Å²) < 4.78 is 35.0. The molecule has 0 radical (unpaired) electrons. The number of anilines is 1. The quantitative estimate of drug-likeness (QED) is 0.471. The van der Waals surface area contributed by atoms with E-state index in [0.29, 0.717) is 22.8 Å². The second kappa shape index (κ2) is 8.39. The van der Waals surface area contributed by atoms with Crippen LogP contribution in [0, 0.1) is 11.6 Å². The minimum Gasteiger partial charge on any atom is -0.482 e. The molecule has 0 saturated carbocycles. The number of carbonyl (C=O) groups excluding carboxylic acids is 1. The molecule has 0 unspecified atom stereocenters. The largest absolute Gasteiger partial charge is 0.482 e. The first-order chi connectivity index (χ1) is 15.6. The molecule has 5 rings (SSSR count). The number of amides is 1. The van der Waals surface area contributed by atoms with E-state index < -0.39 is 5.82 Å². The zero-order valence-electron chi connectivity index (χ0n) is 16.7. The van der Waals surface area contributed by atoms with Crippen LogP contribution < -0.4 is 14.9 Å². The summed E-state index contributed by atoms with van der Waals surface area (Å²) >= 11 is 1.37. The van der Waals surface area contributed by atoms with Gasteiger partial charge in [0.15, 0.2) is 11.4 Å². The Morgan fingerprint density at radius 1 is 1.06 bits per heavy atom. The molecule has 1 aliphatic rings. The van der Waals surface area contributed by atoms with Gasteiger partial charge in [0.25, 0.3) is 5.91 Å². The summed E-state index contributed by atoms with van der Waals surface area (Å²) in [7, 11) is 0. The van der Waals surface area contributed by atoms with Gasteiger partial charge >= 0.3 is 0 Å². The van der Waals surface area contributed by atoms with Gasteiger partial charge in [0.05, 0.1) is 17.9 Å². The molecular weight excluding hydrogens is 432 g/mol. The van der Waals surface area contributed by atoms with Gasteiger partial charge in [0.2, 0.25) is 0 Å². The minimum atomic E-state index is -0.413. The van der Waals surface area contributed by atoms with Crippen molar-refractivity contribution in [3.8, 4) is 17.0 Å². The summed E-state index contributed by atoms with van der Waals surface area (Å²) in [6.45, 7) is 0.396. The second-order valence-electron chi connectivity index (χ2n) is 7.23. The molecular formula is C24H17F2N3O2S. The standard InChI is InChI=1S/C24H17F2N3O2S/c25-17-8-5-15(6-9-17)12-29-21(14-32-24(29)28-19-4-2-1-3-18(19)26)16-7-10-22-20(11-16)27-23(30)13-31-22/h1-11,14H,12-13H2,(H,27,30). The van der Waals surface area contributed by atoms with Crippen LogP contribution >= 0.6 is 11.3 Å². The van der Waals surface area contributed by atoms with Gasteiger partial charge in [-0.15, -0.1) is 11.3 Å². The van der Waals surface area contributed by atoms with Crippen molar-refractivity contribution >= 4 is 28.6 Å². The summed E-state index contributed by atoms with van der Waals surface area (Å²) in [5, 5.41) is 4.74. The van der Waals surface area contributed by atoms with Crippen LogP contribution in [0.1, 0.15) is 5.56 Å². The molecule has 1 N–H and O–H groups in total. The lowest BCUT2D eigenvalue weighted by Crippen LogP contribution is -2.25. The Morgan fingerprint density at radius 2 is 1.88 bits per heavy atom. The van der Waals surface area contributed by atoms with Crippen molar-refractivity contribution in [2.45, 2.75) is 6.54 Å². The zero-order chi connectivity index (χ0) is 22.1. The Labute approximate surface area is 186 Å². The van der Waals surface area contributed by atoms with Gasteiger partial charge in [-0.25, -0.2) is 13.8 Å². The molecule has 2 heterocycles. The van der Waals surface area contributed by atoms with Gasteiger partial charge in [-0.2, -0.15) is 0 Å². The Bertz CT molecular complexity index is 1380. The van der Waals surface area contributed by atoms with Crippen LogP contribution in [0.5, 0.6) is 5.75 Å². The van der Waals surface area contributed by atoms with E-state index in [-0.39, 0.29) is 24.0 Å². The Kier molecular flexibility index (Phi) is 5.28. The van der Waals surface area contributed by atoms with Crippen LogP contribution in [0.25, 0.3) is 11.3 Å². The summed E-state index contributed by atoms with van der Waals surface area (Å²) in [6.07, 6.45) is 0. The number of benzene rings is 3. The Balaban J connectivity index is 1.64. The fraction of sp³-hybridized carbons (Fsp3) is 0.0833. The van der Waals surface area contributed by atoms with Gasteiger partial charge in [-0.05, 0) is 48.0 Å². The van der Waals surface area contributed by atoms with E-state index in [4.69, 9.17) is 4.74 Å². The number of thiazole rings is 1. The highest BCUT2D eigenvalue weighted by Gasteiger charge is 2.18. The number of halogens is 2. The van der Waals surface area contributed by atoms with E-state index >= 15 is 0 Å². The molecule has 1 aliphatic heterocycles. The number of hydrogen-bond acceptors (Lipinski definition) is 4. The van der Waals surface area contributed by atoms with Gasteiger partial charge in [-0.3, -0.25) is 4.79 Å². The van der Waals surface area contributed by atoms with Crippen LogP contribution in [0.15, 0.2) is 77.1 Å². The third-order valence-electron chi connectivity index (χ3n) is 5.03. The number of hydrogen-bond donors (Lipinski definition) is 1. The molecule has 0 spiro atoms. The molecule has 4 aromatic rings. The molecule has 32 heavy (non-hydrogen) atoms. The summed E-state index contributed by atoms with van der Waals surface area (Å²) in [5.74, 6) is -0.338. The monoisotopic (exact) mass is 449 g/mol. The minimum absolute atomic E-state index is 0.0129. The van der Waals surface area contributed by atoms with Gasteiger partial charge in [0, 0.05) is 10.9 Å². The van der Waals surface area contributed by atoms with Crippen LogP contribution in [-0.4, -0.2) is 17.1 Å². The maximum atomic E-state index is 14.2. The molecule has 0 saturated heterocycles. The lowest BCUT2D eigenvalue weighted by atomic mass is 10.1. The van der Waals surface area contributed by atoms with Crippen LogP contribution in [0.4, 0.5) is 20.2 Å². The second-order valence-corrected chi connectivity index (χ2v) is 8.06. The summed E-state index contributed by atoms with van der Waals surface area (Å²) in [5.41, 5.74) is 3.36. The van der Waals surface area contributed by atoms with E-state index in [0.717, 1.165) is 16.8 Å². The van der Waals surface area contributed by atoms with Gasteiger partial charge < -0.3 is 14.6 Å². The molecule has 5 nitrogen and oxygen atoms in total. The number of fused-ring (bicyclic) bond motifs is 1. The topological polar surface area (TPSA) is 55.6 Å². The van der Waals surface area contributed by atoms with E-state index in [2.05, 4.69) is 10.3 Å². The Hall–Kier alpha value is -3.78. The molecule has 160 valence electrons. The maximum Gasteiger partial charge on any atom is 0.262 e. The van der Waals surface area contributed by atoms with Crippen molar-refractivity contribution in [1.82, 2.24) is 4.57 Å². The third-order valence-corrected chi connectivity index (χ3v) is 5.89. The van der Waals surface area contributed by atoms with E-state index in [1.54, 1.807) is 36.4 Å².